The molecule has 0 atom stereocenters. The van der Waals surface area contributed by atoms with E-state index < -0.39 is 5.54 Å². The van der Waals surface area contributed by atoms with Crippen LogP contribution in [0.2, 0.25) is 0 Å². The molecular formula is C24H26N6O. The monoisotopic (exact) mass is 414 g/mol. The number of fused-ring (bicyclic) bond motifs is 1. The lowest BCUT2D eigenvalue weighted by Crippen LogP contribution is -2.52. The number of nitrogens with zero attached hydrogens (tertiary/aromatic N) is 3. The molecule has 0 bridgehead atoms. The highest BCUT2D eigenvalue weighted by Crippen LogP contribution is 2.35. The highest BCUT2D eigenvalue weighted by atomic mass is 16.2. The van der Waals surface area contributed by atoms with E-state index in [1.165, 1.54) is 0 Å². The minimum Gasteiger partial charge on any atom is -0.361 e. The Kier molecular flexibility index (Phi) is 5.25. The van der Waals surface area contributed by atoms with Gasteiger partial charge in [-0.25, -0.2) is 0 Å². The summed E-state index contributed by atoms with van der Waals surface area (Å²) >= 11 is 0. The van der Waals surface area contributed by atoms with Gasteiger partial charge in [0.25, 0.3) is 0 Å². The molecule has 0 spiro atoms. The number of hydrogen-bond acceptors (Lipinski definition) is 5. The van der Waals surface area contributed by atoms with Gasteiger partial charge in [0.05, 0.1) is 16.8 Å². The molecule has 158 valence electrons. The first kappa shape index (κ1) is 20.6. The summed E-state index contributed by atoms with van der Waals surface area (Å²) in [6, 6.07) is 8.33. The Morgan fingerprint density at radius 1 is 1.32 bits per heavy atom. The van der Waals surface area contributed by atoms with E-state index >= 15 is 0 Å². The number of aryl methyl sites for hydroxylation is 1. The first-order chi connectivity index (χ1) is 14.8. The zero-order chi connectivity index (χ0) is 22.2. The lowest BCUT2D eigenvalue weighted by molar-refractivity contribution is -0.135. The van der Waals surface area contributed by atoms with Gasteiger partial charge in [0.15, 0.2) is 0 Å². The minimum atomic E-state index is -0.894. The number of carbonyl (C=O) groups is 1. The van der Waals surface area contributed by atoms with Gasteiger partial charge < -0.3 is 20.9 Å². The fourth-order valence-corrected chi connectivity index (χ4v) is 3.98. The highest BCUT2D eigenvalue weighted by Gasteiger charge is 2.29. The number of aromatic amines is 1. The number of aromatic nitrogens is 2. The van der Waals surface area contributed by atoms with Crippen molar-refractivity contribution in [3.05, 3.63) is 59.6 Å². The van der Waals surface area contributed by atoms with E-state index in [1.54, 1.807) is 31.1 Å². The van der Waals surface area contributed by atoms with Gasteiger partial charge in [0.2, 0.25) is 5.91 Å². The van der Waals surface area contributed by atoms with Crippen LogP contribution in [0, 0.1) is 18.3 Å². The molecule has 31 heavy (non-hydrogen) atoms. The average Bonchev–Trinajstić information content (AvgIpc) is 3.24. The fourth-order valence-electron chi connectivity index (χ4n) is 3.98. The van der Waals surface area contributed by atoms with E-state index in [9.17, 15) is 10.1 Å². The Labute approximate surface area is 181 Å². The lowest BCUT2D eigenvalue weighted by atomic mass is 9.96. The fraction of sp³-hybridized carbons (Fsp3) is 0.292. The number of benzene rings is 1. The minimum absolute atomic E-state index is 0.0690. The van der Waals surface area contributed by atoms with Crippen LogP contribution in [0.3, 0.4) is 0 Å². The molecule has 0 saturated carbocycles. The molecule has 7 nitrogen and oxygen atoms in total. The molecule has 0 aliphatic carbocycles. The number of nitrogens with two attached hydrogens (primary N) is 1. The molecule has 7 heteroatoms. The zero-order valence-corrected chi connectivity index (χ0v) is 18.0. The van der Waals surface area contributed by atoms with Gasteiger partial charge in [-0.1, -0.05) is 6.08 Å². The van der Waals surface area contributed by atoms with Crippen molar-refractivity contribution in [2.24, 2.45) is 5.73 Å². The molecule has 1 amide bonds. The van der Waals surface area contributed by atoms with Gasteiger partial charge in [0, 0.05) is 53.8 Å². The third kappa shape index (κ3) is 3.90. The van der Waals surface area contributed by atoms with Crippen molar-refractivity contribution in [2.75, 3.05) is 18.4 Å². The molecular weight excluding hydrogens is 388 g/mol. The van der Waals surface area contributed by atoms with Gasteiger partial charge in [-0.05, 0) is 56.5 Å². The summed E-state index contributed by atoms with van der Waals surface area (Å²) in [6.45, 7) is 6.57. The van der Waals surface area contributed by atoms with Crippen LogP contribution in [-0.2, 0) is 4.79 Å². The molecule has 0 radical (unpaired) electrons. The molecule has 0 unspecified atom stereocenters. The second-order valence-electron chi connectivity index (χ2n) is 8.48. The highest BCUT2D eigenvalue weighted by molar-refractivity contribution is 5.91. The first-order valence-corrected chi connectivity index (χ1v) is 10.3. The molecule has 3 aromatic rings. The van der Waals surface area contributed by atoms with Crippen LogP contribution in [0.25, 0.3) is 16.5 Å². The normalized spacial score (nSPS) is 14.3. The summed E-state index contributed by atoms with van der Waals surface area (Å²) in [5.74, 6) is -0.0690. The van der Waals surface area contributed by atoms with Gasteiger partial charge in [-0.15, -0.1) is 0 Å². The van der Waals surface area contributed by atoms with E-state index in [-0.39, 0.29) is 5.91 Å². The number of anilines is 2. The number of nitrogens with one attached hydrogen (secondary N) is 2. The van der Waals surface area contributed by atoms with Gasteiger partial charge >= 0.3 is 0 Å². The Balaban J connectivity index is 1.69. The predicted molar refractivity (Wildman–Crippen MR) is 123 cm³/mol. The number of carbonyl (C=O) groups excluding carboxylic acids is 1. The van der Waals surface area contributed by atoms with Crippen LogP contribution >= 0.6 is 0 Å². The molecule has 1 aromatic carbocycles. The number of nitriles is 1. The SMILES string of the molecule is Cc1c(Nc2c(C#N)cncc2C2=CCN(C(=O)C(C)(C)N)CC2)ccc2[nH]ccc12. The van der Waals surface area contributed by atoms with Crippen LogP contribution in [0.1, 0.15) is 37.0 Å². The van der Waals surface area contributed by atoms with E-state index in [0.717, 1.165) is 39.0 Å². The molecule has 0 fully saturated rings. The van der Waals surface area contributed by atoms with Crippen LogP contribution in [-0.4, -0.2) is 39.4 Å². The Hall–Kier alpha value is -3.63. The van der Waals surface area contributed by atoms with E-state index in [4.69, 9.17) is 5.73 Å². The summed E-state index contributed by atoms with van der Waals surface area (Å²) in [5.41, 5.74) is 11.4. The van der Waals surface area contributed by atoms with Crippen molar-refractivity contribution in [1.82, 2.24) is 14.9 Å². The maximum atomic E-state index is 12.5. The molecule has 3 heterocycles. The number of H-pyrrole nitrogens is 1. The number of hydrogen-bond donors (Lipinski definition) is 3. The van der Waals surface area contributed by atoms with Crippen LogP contribution in [0.5, 0.6) is 0 Å². The predicted octanol–water partition coefficient (Wildman–Crippen LogP) is 3.84. The number of amides is 1. The Morgan fingerprint density at radius 2 is 2.13 bits per heavy atom. The van der Waals surface area contributed by atoms with Gasteiger partial charge in [0.1, 0.15) is 6.07 Å². The van der Waals surface area contributed by atoms with E-state index in [1.807, 2.05) is 30.5 Å². The number of rotatable bonds is 4. The quantitative estimate of drug-likeness (QED) is 0.601. The second kappa shape index (κ2) is 7.89. The van der Waals surface area contributed by atoms with Crippen LogP contribution in [0.15, 0.2) is 42.9 Å². The Bertz CT molecular complexity index is 1230. The molecule has 4 rings (SSSR count). The summed E-state index contributed by atoms with van der Waals surface area (Å²) in [6.07, 6.45) is 7.97. The molecule has 1 aliphatic rings. The first-order valence-electron chi connectivity index (χ1n) is 10.3. The summed E-state index contributed by atoms with van der Waals surface area (Å²) in [7, 11) is 0. The second-order valence-corrected chi connectivity index (χ2v) is 8.48. The third-order valence-corrected chi connectivity index (χ3v) is 5.72. The smallest absolute Gasteiger partial charge is 0.242 e. The van der Waals surface area contributed by atoms with Crippen molar-refractivity contribution in [3.63, 3.8) is 0 Å². The molecule has 4 N–H and O–H groups in total. The van der Waals surface area contributed by atoms with Gasteiger partial charge in [-0.3, -0.25) is 9.78 Å². The van der Waals surface area contributed by atoms with Crippen molar-refractivity contribution < 1.29 is 4.79 Å². The average molecular weight is 415 g/mol. The molecule has 1 aliphatic heterocycles. The van der Waals surface area contributed by atoms with Crippen molar-refractivity contribution in [2.45, 2.75) is 32.7 Å². The van der Waals surface area contributed by atoms with Crippen LogP contribution < -0.4 is 11.1 Å². The van der Waals surface area contributed by atoms with Crippen molar-refractivity contribution in [1.29, 1.82) is 5.26 Å². The maximum Gasteiger partial charge on any atom is 0.242 e. The van der Waals surface area contributed by atoms with Crippen LogP contribution in [0.4, 0.5) is 11.4 Å². The summed E-state index contributed by atoms with van der Waals surface area (Å²) in [4.78, 5) is 21.8. The topological polar surface area (TPSA) is 111 Å². The van der Waals surface area contributed by atoms with Crippen molar-refractivity contribution >= 4 is 33.8 Å². The summed E-state index contributed by atoms with van der Waals surface area (Å²) < 4.78 is 0. The largest absolute Gasteiger partial charge is 0.361 e. The van der Waals surface area contributed by atoms with Gasteiger partial charge in [-0.2, -0.15) is 5.26 Å². The van der Waals surface area contributed by atoms with E-state index in [2.05, 4.69) is 28.3 Å². The lowest BCUT2D eigenvalue weighted by Gasteiger charge is -2.32. The Morgan fingerprint density at radius 3 is 2.81 bits per heavy atom. The third-order valence-electron chi connectivity index (χ3n) is 5.72. The number of pyridine rings is 1. The maximum absolute atomic E-state index is 12.5. The molecule has 2 aromatic heterocycles. The summed E-state index contributed by atoms with van der Waals surface area (Å²) in [5, 5.41) is 14.3. The standard InChI is InChI=1S/C24H26N6O/c1-15-18-6-9-28-21(18)5-4-20(15)29-22-17(12-25)13-27-14-19(22)16-7-10-30(11-8-16)23(31)24(2,3)26/h4-7,9,13-14,28H,8,10-11,26H2,1-3H3,(H,27,29). The molecule has 0 saturated heterocycles. The van der Waals surface area contributed by atoms with Crippen molar-refractivity contribution in [3.8, 4) is 6.07 Å². The zero-order valence-electron chi connectivity index (χ0n) is 18.0. The van der Waals surface area contributed by atoms with E-state index in [0.29, 0.717) is 25.1 Å².